The maximum atomic E-state index is 7.50. The molecule has 4 heavy (non-hydrogen) atoms. The average Bonchev–Trinajstić information content (AvgIpc) is 1.37. The van der Waals surface area contributed by atoms with Crippen LogP contribution in [0.3, 0.4) is 0 Å². The van der Waals surface area contributed by atoms with E-state index in [0.717, 1.165) is 0 Å². The Balaban J connectivity index is 1.97. The first-order valence-corrected chi connectivity index (χ1v) is 0.985. The number of hydrogen-bond acceptors (Lipinski definition) is 3. The van der Waals surface area contributed by atoms with Crippen molar-refractivity contribution >= 4 is 0 Å². The molecule has 0 aliphatic carbocycles. The van der Waals surface area contributed by atoms with Crippen LogP contribution in [0.1, 0.15) is 0 Å². The summed E-state index contributed by atoms with van der Waals surface area (Å²) in [6.07, 6.45) is 0. The van der Waals surface area contributed by atoms with E-state index in [1.54, 1.807) is 5.48 Å². The van der Waals surface area contributed by atoms with E-state index in [1.165, 1.54) is 0 Å². The summed E-state index contributed by atoms with van der Waals surface area (Å²) in [4.78, 5) is 0. The number of nitrogens with one attached hydrogen (secondary N) is 1. The van der Waals surface area contributed by atoms with Crippen molar-refractivity contribution in [2.24, 2.45) is 5.73 Å². The lowest BCUT2D eigenvalue weighted by Crippen LogP contribution is -2.16. The van der Waals surface area contributed by atoms with Crippen LogP contribution < -0.4 is 11.2 Å². The van der Waals surface area contributed by atoms with Crippen LogP contribution in [0.15, 0.2) is 0 Å². The van der Waals surface area contributed by atoms with Crippen molar-refractivity contribution in [1.82, 2.24) is 5.48 Å². The van der Waals surface area contributed by atoms with Gasteiger partial charge in [-0.15, -0.1) is 0 Å². The Morgan fingerprint density at radius 2 is 2.25 bits per heavy atom. The van der Waals surface area contributed by atoms with E-state index >= 15 is 0 Å². The van der Waals surface area contributed by atoms with Gasteiger partial charge >= 0.3 is 0 Å². The van der Waals surface area contributed by atoms with Crippen LogP contribution >= 0.6 is 0 Å². The molecule has 0 aliphatic rings. The zero-order valence-corrected chi connectivity index (χ0v) is 2.23. The quantitative estimate of drug-likeness (QED) is 0.266. The smallest absolute Gasteiger partial charge is 0.0673 e. The second-order valence-electron chi connectivity index (χ2n) is 0.362. The molecule has 0 bridgehead atoms. The molecule has 0 rings (SSSR count). The molecule has 0 radical (unpaired) electrons. The Hall–Kier alpha value is -0.120. The highest BCUT2D eigenvalue weighted by atomic mass is 16.5. The standard InChI is InChI=1S/CH6N2O/c2-1-3-4/h3-4H,1-2H2. The van der Waals surface area contributed by atoms with Crippen molar-refractivity contribution in [3.8, 4) is 0 Å². The molecule has 0 amide bonds. The van der Waals surface area contributed by atoms with E-state index in [1.807, 2.05) is 0 Å². The van der Waals surface area contributed by atoms with Crippen molar-refractivity contribution in [3.05, 3.63) is 0 Å². The zero-order valence-electron chi connectivity index (χ0n) is 2.23. The molecule has 0 saturated carbocycles. The Morgan fingerprint density at radius 1 is 2.00 bits per heavy atom. The molecule has 0 atom stereocenters. The second-order valence-corrected chi connectivity index (χ2v) is 0.362. The Labute approximate surface area is 24.4 Å². The molecule has 0 fully saturated rings. The van der Waals surface area contributed by atoms with Crippen LogP contribution in [0.4, 0.5) is 0 Å². The van der Waals surface area contributed by atoms with Crippen molar-refractivity contribution in [1.29, 1.82) is 0 Å². The van der Waals surface area contributed by atoms with Crippen LogP contribution in [-0.4, -0.2) is 11.9 Å². The average molecular weight is 62.1 g/mol. The lowest BCUT2D eigenvalue weighted by Gasteiger charge is -1.76. The summed E-state index contributed by atoms with van der Waals surface area (Å²) in [5.41, 5.74) is 6.38. The van der Waals surface area contributed by atoms with Gasteiger partial charge in [0.15, 0.2) is 0 Å². The first-order valence-electron chi connectivity index (χ1n) is 0.985. The van der Waals surface area contributed by atoms with Gasteiger partial charge in [0.2, 0.25) is 0 Å². The third-order valence-electron chi connectivity index (χ3n) is 0.0913. The summed E-state index contributed by atoms with van der Waals surface area (Å²) in [6, 6.07) is 0. The lowest BCUT2D eigenvalue weighted by atomic mass is 11.3. The molecule has 0 aromatic carbocycles. The molecule has 0 saturated heterocycles. The zero-order chi connectivity index (χ0) is 3.41. The predicted octanol–water partition coefficient (Wildman–Crippen LogP) is -1.12. The molecule has 0 aliphatic heterocycles. The van der Waals surface area contributed by atoms with Gasteiger partial charge < -0.3 is 10.9 Å². The van der Waals surface area contributed by atoms with E-state index in [0.29, 0.717) is 0 Å². The number of rotatable bonds is 1. The van der Waals surface area contributed by atoms with Gasteiger partial charge in [-0.3, -0.25) is 0 Å². The topological polar surface area (TPSA) is 58.3 Å². The van der Waals surface area contributed by atoms with Gasteiger partial charge in [-0.05, 0) is 0 Å². The van der Waals surface area contributed by atoms with Crippen molar-refractivity contribution in [3.63, 3.8) is 0 Å². The molecule has 0 heterocycles. The van der Waals surface area contributed by atoms with Gasteiger partial charge in [0.25, 0.3) is 0 Å². The molecule has 26 valence electrons. The molecule has 0 aromatic rings. The molecular formula is CH6N2O. The fourth-order valence-corrected chi connectivity index (χ4v) is 0. The monoisotopic (exact) mass is 62.0 g/mol. The molecule has 3 nitrogen and oxygen atoms in total. The largest absolute Gasteiger partial charge is 0.317 e. The van der Waals surface area contributed by atoms with Crippen molar-refractivity contribution in [2.75, 3.05) is 6.67 Å². The predicted molar refractivity (Wildman–Crippen MR) is 14.0 cm³/mol. The summed E-state index contributed by atoms with van der Waals surface area (Å²) in [5, 5.41) is 7.50. The summed E-state index contributed by atoms with van der Waals surface area (Å²) in [5.74, 6) is 0. The molecule has 0 unspecified atom stereocenters. The lowest BCUT2D eigenvalue weighted by molar-refractivity contribution is 0.170. The molecule has 3 heteroatoms. The summed E-state index contributed by atoms with van der Waals surface area (Å²) < 4.78 is 0. The minimum absolute atomic E-state index is 0.125. The Bertz CT molecular complexity index is 8.00. The van der Waals surface area contributed by atoms with Gasteiger partial charge in [-0.25, -0.2) is 0 Å². The van der Waals surface area contributed by atoms with Crippen LogP contribution in [-0.2, 0) is 0 Å². The first-order chi connectivity index (χ1) is 1.91. The molecule has 0 aromatic heterocycles. The number of nitrogens with two attached hydrogens (primary N) is 1. The minimum atomic E-state index is 0.125. The van der Waals surface area contributed by atoms with Gasteiger partial charge in [0.1, 0.15) is 0 Å². The van der Waals surface area contributed by atoms with Gasteiger partial charge in [-0.1, -0.05) is 0 Å². The highest BCUT2D eigenvalue weighted by Crippen LogP contribution is 1.14. The summed E-state index contributed by atoms with van der Waals surface area (Å²) in [7, 11) is 0. The second kappa shape index (κ2) is 2.88. The van der Waals surface area contributed by atoms with E-state index < -0.39 is 0 Å². The van der Waals surface area contributed by atoms with Gasteiger partial charge in [0, 0.05) is 0 Å². The highest BCUT2D eigenvalue weighted by molar-refractivity contribution is 4.00. The Kier molecular flexibility index (Phi) is 2.79. The normalized spacial score (nSPS) is 7.50. The van der Waals surface area contributed by atoms with Gasteiger partial charge in [0.05, 0.1) is 6.67 Å². The van der Waals surface area contributed by atoms with E-state index in [9.17, 15) is 0 Å². The maximum absolute atomic E-state index is 7.50. The van der Waals surface area contributed by atoms with E-state index in [2.05, 4.69) is 5.73 Å². The van der Waals surface area contributed by atoms with Crippen molar-refractivity contribution < 1.29 is 5.21 Å². The SMILES string of the molecule is NCNO. The number of hydrogen-bond donors (Lipinski definition) is 3. The minimum Gasteiger partial charge on any atom is -0.317 e. The van der Waals surface area contributed by atoms with Crippen molar-refractivity contribution in [2.45, 2.75) is 0 Å². The fraction of sp³-hybridized carbons (Fsp3) is 1.00. The summed E-state index contributed by atoms with van der Waals surface area (Å²) >= 11 is 0. The van der Waals surface area contributed by atoms with Crippen LogP contribution in [0.5, 0.6) is 0 Å². The van der Waals surface area contributed by atoms with Gasteiger partial charge in [-0.2, -0.15) is 5.48 Å². The van der Waals surface area contributed by atoms with E-state index in [4.69, 9.17) is 5.21 Å². The Morgan fingerprint density at radius 3 is 2.25 bits per heavy atom. The number of hydroxylamine groups is 1. The molecule has 4 N–H and O–H groups in total. The van der Waals surface area contributed by atoms with E-state index in [-0.39, 0.29) is 6.67 Å². The van der Waals surface area contributed by atoms with Crippen LogP contribution in [0.25, 0.3) is 0 Å². The van der Waals surface area contributed by atoms with Crippen LogP contribution in [0.2, 0.25) is 0 Å². The maximum Gasteiger partial charge on any atom is 0.0673 e. The fourth-order valence-electron chi connectivity index (χ4n) is 0. The molecule has 0 spiro atoms. The van der Waals surface area contributed by atoms with Crippen LogP contribution in [0, 0.1) is 0 Å². The third kappa shape index (κ3) is 1.88. The first kappa shape index (κ1) is 3.88. The molecular weight excluding hydrogens is 56.0 g/mol. The highest BCUT2D eigenvalue weighted by Gasteiger charge is 1.50. The summed E-state index contributed by atoms with van der Waals surface area (Å²) in [6.45, 7) is 0.125. The third-order valence-corrected chi connectivity index (χ3v) is 0.0913.